The zero-order valence-electron chi connectivity index (χ0n) is 18.3. The van der Waals surface area contributed by atoms with E-state index in [2.05, 4.69) is 15.3 Å². The Balaban J connectivity index is 0.00000363. The summed E-state index contributed by atoms with van der Waals surface area (Å²) in [5.74, 6) is 0.407. The Morgan fingerprint density at radius 1 is 1.12 bits per heavy atom. The maximum absolute atomic E-state index is 12.5. The lowest BCUT2D eigenvalue weighted by Gasteiger charge is -2.28. The van der Waals surface area contributed by atoms with E-state index in [9.17, 15) is 4.79 Å². The van der Waals surface area contributed by atoms with E-state index in [0.29, 0.717) is 22.7 Å². The van der Waals surface area contributed by atoms with E-state index < -0.39 is 11.6 Å². The number of nitrogen functional groups attached to an aromatic ring is 1. The molecule has 172 valence electrons. The molecule has 11 nitrogen and oxygen atoms in total. The molecular weight excluding hydrogens is 418 g/mol. The minimum Gasteiger partial charge on any atom is -0.493 e. The lowest BCUT2D eigenvalue weighted by Crippen LogP contribution is -2.47. The molecule has 0 aliphatic heterocycles. The smallest absolute Gasteiger partial charge is 0.324 e. The average molecular weight is 445 g/mol. The standard InChI is InChI=1S/C21H25N5O5.H2O/c1-21(23,26-14-9-15(28-2)18(29-3)19(30-4)17(14)22)10-16(27)31-20-24-11-12-7-5-6-8-13(12)25-20;/h5-9,11,26H,10,22-23H2,1-4H3;1H2. The molecule has 1 unspecified atom stereocenters. The van der Waals surface area contributed by atoms with Crippen LogP contribution in [0.5, 0.6) is 23.3 Å². The van der Waals surface area contributed by atoms with E-state index in [4.69, 9.17) is 30.4 Å². The zero-order chi connectivity index (χ0) is 22.6. The van der Waals surface area contributed by atoms with Crippen LogP contribution in [0.2, 0.25) is 0 Å². The second kappa shape index (κ2) is 9.98. The Morgan fingerprint density at radius 2 is 1.81 bits per heavy atom. The van der Waals surface area contributed by atoms with Gasteiger partial charge in [-0.1, -0.05) is 18.2 Å². The van der Waals surface area contributed by atoms with E-state index in [-0.39, 0.29) is 29.3 Å². The molecule has 0 spiro atoms. The summed E-state index contributed by atoms with van der Waals surface area (Å²) in [6, 6.07) is 8.94. The van der Waals surface area contributed by atoms with Gasteiger partial charge in [-0.2, -0.15) is 4.98 Å². The monoisotopic (exact) mass is 445 g/mol. The first kappa shape index (κ1) is 24.4. The fourth-order valence-corrected chi connectivity index (χ4v) is 3.08. The van der Waals surface area contributed by atoms with Crippen molar-refractivity contribution in [2.24, 2.45) is 5.73 Å². The van der Waals surface area contributed by atoms with Crippen molar-refractivity contribution < 1.29 is 29.2 Å². The number of aromatic nitrogens is 2. The number of benzene rings is 2. The number of carbonyl (C=O) groups is 1. The highest BCUT2D eigenvalue weighted by Gasteiger charge is 2.27. The van der Waals surface area contributed by atoms with E-state index >= 15 is 0 Å². The summed E-state index contributed by atoms with van der Waals surface area (Å²) >= 11 is 0. The quantitative estimate of drug-likeness (QED) is 0.262. The van der Waals surface area contributed by atoms with E-state index in [0.717, 1.165) is 5.39 Å². The molecule has 0 amide bonds. The normalized spacial score (nSPS) is 12.3. The Morgan fingerprint density at radius 3 is 2.47 bits per heavy atom. The molecule has 0 saturated heterocycles. The Labute approximate surface area is 184 Å². The highest BCUT2D eigenvalue weighted by atomic mass is 16.5. The summed E-state index contributed by atoms with van der Waals surface area (Å²) in [6.07, 6.45) is 1.39. The van der Waals surface area contributed by atoms with Gasteiger partial charge < -0.3 is 41.2 Å². The summed E-state index contributed by atoms with van der Waals surface area (Å²) in [6.45, 7) is 1.62. The SMILES string of the molecule is COc1cc(NC(C)(N)CC(=O)Oc2ncc3ccccc3n2)c(N)c(OC)c1OC.O. The fraction of sp³-hybridized carbons (Fsp3) is 0.286. The number of ether oxygens (including phenoxy) is 4. The van der Waals surface area contributed by atoms with Gasteiger partial charge in [0.1, 0.15) is 5.69 Å². The highest BCUT2D eigenvalue weighted by molar-refractivity contribution is 5.82. The van der Waals surface area contributed by atoms with Crippen LogP contribution in [0.1, 0.15) is 13.3 Å². The van der Waals surface area contributed by atoms with E-state index in [1.807, 2.05) is 18.2 Å². The van der Waals surface area contributed by atoms with Gasteiger partial charge in [0.2, 0.25) is 5.75 Å². The number of nitrogens with two attached hydrogens (primary N) is 2. The lowest BCUT2D eigenvalue weighted by molar-refractivity contribution is -0.135. The molecule has 0 saturated carbocycles. The van der Waals surface area contributed by atoms with Gasteiger partial charge in [0.05, 0.1) is 44.6 Å². The van der Waals surface area contributed by atoms with E-state index in [1.165, 1.54) is 21.3 Å². The van der Waals surface area contributed by atoms with Gasteiger partial charge in [-0.15, -0.1) is 0 Å². The number of esters is 1. The van der Waals surface area contributed by atoms with Crippen LogP contribution in [0.15, 0.2) is 36.5 Å². The first-order valence-electron chi connectivity index (χ1n) is 9.36. The van der Waals surface area contributed by atoms with Crippen LogP contribution in [-0.2, 0) is 4.79 Å². The van der Waals surface area contributed by atoms with Gasteiger partial charge in [-0.05, 0) is 13.0 Å². The molecule has 0 bridgehead atoms. The number of para-hydroxylation sites is 1. The molecule has 0 aliphatic carbocycles. The molecule has 1 atom stereocenters. The number of hydrogen-bond acceptors (Lipinski definition) is 10. The van der Waals surface area contributed by atoms with Crippen LogP contribution < -0.4 is 35.7 Å². The van der Waals surface area contributed by atoms with Crippen molar-refractivity contribution in [2.45, 2.75) is 19.0 Å². The van der Waals surface area contributed by atoms with Gasteiger partial charge in [-0.3, -0.25) is 4.79 Å². The van der Waals surface area contributed by atoms with Crippen LogP contribution in [0, 0.1) is 0 Å². The van der Waals surface area contributed by atoms with Crippen molar-refractivity contribution >= 4 is 28.2 Å². The average Bonchev–Trinajstić information content (AvgIpc) is 2.73. The predicted octanol–water partition coefficient (Wildman–Crippen LogP) is 1.50. The predicted molar refractivity (Wildman–Crippen MR) is 120 cm³/mol. The van der Waals surface area contributed by atoms with Crippen molar-refractivity contribution in [2.75, 3.05) is 32.4 Å². The number of nitrogens with one attached hydrogen (secondary N) is 1. The second-order valence-corrected chi connectivity index (χ2v) is 7.01. The van der Waals surface area contributed by atoms with Gasteiger partial charge in [0.25, 0.3) is 0 Å². The third-order valence-electron chi connectivity index (χ3n) is 4.47. The van der Waals surface area contributed by atoms with Crippen molar-refractivity contribution in [3.05, 3.63) is 36.5 Å². The van der Waals surface area contributed by atoms with Crippen LogP contribution in [0.25, 0.3) is 10.9 Å². The molecule has 1 aromatic heterocycles. The van der Waals surface area contributed by atoms with Crippen molar-refractivity contribution in [3.8, 4) is 23.3 Å². The first-order valence-corrected chi connectivity index (χ1v) is 9.36. The number of nitrogens with zero attached hydrogens (tertiary/aromatic N) is 2. The molecule has 7 N–H and O–H groups in total. The maximum Gasteiger partial charge on any atom is 0.324 e. The number of hydrogen-bond donors (Lipinski definition) is 3. The lowest BCUT2D eigenvalue weighted by atomic mass is 10.1. The fourth-order valence-electron chi connectivity index (χ4n) is 3.08. The summed E-state index contributed by atoms with van der Waals surface area (Å²) in [5.41, 5.74) is 12.6. The molecule has 1 heterocycles. The Bertz CT molecular complexity index is 1110. The summed E-state index contributed by atoms with van der Waals surface area (Å²) in [5, 5.41) is 3.87. The van der Waals surface area contributed by atoms with Crippen LogP contribution in [0.3, 0.4) is 0 Å². The minimum absolute atomic E-state index is 0. The van der Waals surface area contributed by atoms with Gasteiger partial charge in [-0.25, -0.2) is 4.98 Å². The van der Waals surface area contributed by atoms with Gasteiger partial charge in [0.15, 0.2) is 11.5 Å². The van der Waals surface area contributed by atoms with Gasteiger partial charge >= 0.3 is 12.0 Å². The van der Waals surface area contributed by atoms with Crippen molar-refractivity contribution in [3.63, 3.8) is 0 Å². The largest absolute Gasteiger partial charge is 0.493 e. The molecule has 3 aromatic rings. The van der Waals surface area contributed by atoms with Crippen molar-refractivity contribution in [1.29, 1.82) is 0 Å². The highest BCUT2D eigenvalue weighted by Crippen LogP contribution is 2.46. The Kier molecular flexibility index (Phi) is 7.63. The molecule has 0 fully saturated rings. The summed E-state index contributed by atoms with van der Waals surface area (Å²) in [4.78, 5) is 20.7. The molecule has 0 aliphatic rings. The topological polar surface area (TPSA) is 175 Å². The first-order chi connectivity index (χ1) is 14.8. The third kappa shape index (κ3) is 5.25. The zero-order valence-corrected chi connectivity index (χ0v) is 18.3. The number of fused-ring (bicyclic) bond motifs is 1. The van der Waals surface area contributed by atoms with Gasteiger partial charge in [0, 0.05) is 17.6 Å². The molecule has 32 heavy (non-hydrogen) atoms. The number of carbonyl (C=O) groups excluding carboxylic acids is 1. The molecule has 11 heteroatoms. The molecule has 0 radical (unpaired) electrons. The number of methoxy groups -OCH3 is 3. The number of rotatable bonds is 8. The van der Waals surface area contributed by atoms with E-state index in [1.54, 1.807) is 25.3 Å². The van der Waals surface area contributed by atoms with Crippen LogP contribution in [-0.4, -0.2) is 48.4 Å². The molecular formula is C21H27N5O6. The van der Waals surface area contributed by atoms with Crippen molar-refractivity contribution in [1.82, 2.24) is 9.97 Å². The van der Waals surface area contributed by atoms with Crippen LogP contribution >= 0.6 is 0 Å². The Hall–Kier alpha value is -3.83. The second-order valence-electron chi connectivity index (χ2n) is 7.01. The summed E-state index contributed by atoms with van der Waals surface area (Å²) in [7, 11) is 4.42. The number of anilines is 2. The maximum atomic E-state index is 12.5. The van der Waals surface area contributed by atoms with Crippen LogP contribution in [0.4, 0.5) is 11.4 Å². The molecule has 2 aromatic carbocycles. The molecule has 3 rings (SSSR count). The minimum atomic E-state index is -1.22. The third-order valence-corrected chi connectivity index (χ3v) is 4.47. The summed E-state index contributed by atoms with van der Waals surface area (Å²) < 4.78 is 21.3.